The average Bonchev–Trinajstić information content (AvgIpc) is 3.38. The molecular formula is C31H31NO5. The van der Waals surface area contributed by atoms with E-state index in [1.165, 1.54) is 0 Å². The SMILES string of the molecule is COc1ccc2c(c1)C1(c3ccccc3)CCC2C2(C(=O)O)CNC(C(=O)Cc3ccccc3OC)C12. The minimum atomic E-state index is -1.09. The van der Waals surface area contributed by atoms with E-state index in [4.69, 9.17) is 9.47 Å². The van der Waals surface area contributed by atoms with Crippen molar-refractivity contribution in [2.24, 2.45) is 11.3 Å². The van der Waals surface area contributed by atoms with Crippen molar-refractivity contribution in [2.45, 2.75) is 36.6 Å². The van der Waals surface area contributed by atoms with E-state index in [2.05, 4.69) is 23.5 Å². The van der Waals surface area contributed by atoms with Crippen LogP contribution in [0.3, 0.4) is 0 Å². The molecule has 0 amide bonds. The number of benzene rings is 3. The molecule has 6 heteroatoms. The molecule has 2 N–H and O–H groups in total. The first-order valence-corrected chi connectivity index (χ1v) is 12.8. The highest BCUT2D eigenvalue weighted by atomic mass is 16.5. The highest BCUT2D eigenvalue weighted by Crippen LogP contribution is 2.69. The minimum Gasteiger partial charge on any atom is -0.497 e. The van der Waals surface area contributed by atoms with Gasteiger partial charge in [0, 0.05) is 35.8 Å². The zero-order valence-electron chi connectivity index (χ0n) is 21.1. The van der Waals surface area contributed by atoms with Gasteiger partial charge in [0.2, 0.25) is 0 Å². The van der Waals surface area contributed by atoms with Crippen molar-refractivity contribution < 1.29 is 24.2 Å². The number of para-hydroxylation sites is 1. The highest BCUT2D eigenvalue weighted by molar-refractivity contribution is 5.91. The van der Waals surface area contributed by atoms with Crippen LogP contribution >= 0.6 is 0 Å². The standard InChI is InChI=1S/C31H31NO5/c1-36-21-12-13-22-23-14-15-30(24(22)17-21,20-9-4-3-5-10-20)28-27(32-18-31(23,28)29(34)35)25(33)16-19-8-6-7-11-26(19)37-2/h3-13,17,23,27-28,32H,14-16,18H2,1-2H3,(H,34,35). The van der Waals surface area contributed by atoms with Gasteiger partial charge in [-0.3, -0.25) is 9.59 Å². The van der Waals surface area contributed by atoms with E-state index in [-0.39, 0.29) is 24.7 Å². The van der Waals surface area contributed by atoms with Gasteiger partial charge in [0.05, 0.1) is 25.7 Å². The molecule has 3 aromatic rings. The van der Waals surface area contributed by atoms with Gasteiger partial charge in [-0.1, -0.05) is 54.6 Å². The topological polar surface area (TPSA) is 84.9 Å². The predicted molar refractivity (Wildman–Crippen MR) is 139 cm³/mol. The van der Waals surface area contributed by atoms with E-state index in [9.17, 15) is 14.7 Å². The van der Waals surface area contributed by atoms with E-state index in [0.717, 1.165) is 40.8 Å². The molecule has 3 aliphatic carbocycles. The van der Waals surface area contributed by atoms with Crippen LogP contribution < -0.4 is 14.8 Å². The third-order valence-corrected chi connectivity index (χ3v) is 9.19. The summed E-state index contributed by atoms with van der Waals surface area (Å²) in [4.78, 5) is 27.3. The summed E-state index contributed by atoms with van der Waals surface area (Å²) < 4.78 is 11.1. The van der Waals surface area contributed by atoms with E-state index < -0.39 is 28.8 Å². The molecule has 37 heavy (non-hydrogen) atoms. The second kappa shape index (κ2) is 8.73. The van der Waals surface area contributed by atoms with Gasteiger partial charge in [0.1, 0.15) is 11.5 Å². The molecule has 2 fully saturated rings. The van der Waals surface area contributed by atoms with E-state index >= 15 is 0 Å². The maximum Gasteiger partial charge on any atom is 0.311 e. The fourth-order valence-corrected chi connectivity index (χ4v) is 7.76. The lowest BCUT2D eigenvalue weighted by atomic mass is 9.41. The van der Waals surface area contributed by atoms with Crippen LogP contribution in [0, 0.1) is 11.3 Å². The number of carboxylic acids is 1. The van der Waals surface area contributed by atoms with Crippen molar-refractivity contribution in [3.8, 4) is 11.5 Å². The number of methoxy groups -OCH3 is 2. The summed E-state index contributed by atoms with van der Waals surface area (Å²) in [5.74, 6) is -0.0609. The number of Topliss-reactive ketones (excluding diaryl/α,β-unsaturated/α-hetero) is 1. The number of rotatable bonds is 7. The number of carbonyl (C=O) groups is 2. The third-order valence-electron chi connectivity index (χ3n) is 9.19. The number of carboxylic acid groups (broad SMARTS) is 1. The summed E-state index contributed by atoms with van der Waals surface area (Å²) in [7, 11) is 3.25. The molecule has 1 saturated carbocycles. The molecule has 0 spiro atoms. The Morgan fingerprint density at radius 2 is 1.76 bits per heavy atom. The van der Waals surface area contributed by atoms with Crippen LogP contribution in [0.5, 0.6) is 11.5 Å². The van der Waals surface area contributed by atoms with Crippen LogP contribution in [0.2, 0.25) is 0 Å². The Morgan fingerprint density at radius 1 is 1.00 bits per heavy atom. The van der Waals surface area contributed by atoms with E-state index in [1.54, 1.807) is 14.2 Å². The molecule has 2 bridgehead atoms. The fraction of sp³-hybridized carbons (Fsp3) is 0.355. The Bertz CT molecular complexity index is 1370. The largest absolute Gasteiger partial charge is 0.497 e. The van der Waals surface area contributed by atoms with Gasteiger partial charge >= 0.3 is 5.97 Å². The van der Waals surface area contributed by atoms with Crippen LogP contribution in [0.4, 0.5) is 0 Å². The van der Waals surface area contributed by atoms with Crippen LogP contribution in [-0.4, -0.2) is 43.7 Å². The maximum atomic E-state index is 14.1. The number of aliphatic carboxylic acids is 1. The lowest BCUT2D eigenvalue weighted by molar-refractivity contribution is -0.158. The molecule has 1 heterocycles. The molecule has 7 rings (SSSR count). The number of ketones is 1. The quantitative estimate of drug-likeness (QED) is 0.505. The van der Waals surface area contributed by atoms with Crippen LogP contribution in [-0.2, 0) is 21.4 Å². The Hall–Kier alpha value is -3.64. The van der Waals surface area contributed by atoms with Gasteiger partial charge in [-0.25, -0.2) is 0 Å². The minimum absolute atomic E-state index is 0.00933. The summed E-state index contributed by atoms with van der Waals surface area (Å²) in [6.45, 7) is 0.264. The molecule has 5 atom stereocenters. The first kappa shape index (κ1) is 23.7. The average molecular weight is 498 g/mol. The zero-order valence-corrected chi connectivity index (χ0v) is 21.1. The Balaban J connectivity index is 1.56. The molecular weight excluding hydrogens is 466 g/mol. The van der Waals surface area contributed by atoms with Crippen LogP contribution in [0.15, 0.2) is 72.8 Å². The van der Waals surface area contributed by atoms with Crippen LogP contribution in [0.25, 0.3) is 0 Å². The van der Waals surface area contributed by atoms with Gasteiger partial charge in [0.25, 0.3) is 0 Å². The summed E-state index contributed by atoms with van der Waals surface area (Å²) in [5.41, 5.74) is 2.29. The molecule has 1 aliphatic heterocycles. The summed E-state index contributed by atoms with van der Waals surface area (Å²) in [6.07, 6.45) is 1.71. The first-order valence-electron chi connectivity index (χ1n) is 12.8. The molecule has 4 aliphatic rings. The van der Waals surface area contributed by atoms with Gasteiger partial charge < -0.3 is 19.9 Å². The number of nitrogens with one attached hydrogen (secondary N) is 1. The number of hydrogen-bond donors (Lipinski definition) is 2. The van der Waals surface area contributed by atoms with Crippen LogP contribution in [0.1, 0.15) is 41.0 Å². The molecule has 190 valence electrons. The Labute approximate surface area is 216 Å². The Kier molecular flexibility index (Phi) is 5.60. The number of hydrogen-bond acceptors (Lipinski definition) is 5. The molecule has 3 aromatic carbocycles. The van der Waals surface area contributed by atoms with Crippen molar-refractivity contribution in [1.82, 2.24) is 5.32 Å². The summed E-state index contributed by atoms with van der Waals surface area (Å²) >= 11 is 0. The van der Waals surface area contributed by atoms with E-state index in [0.29, 0.717) is 5.75 Å². The zero-order chi connectivity index (χ0) is 25.8. The normalized spacial score (nSPS) is 29.3. The maximum absolute atomic E-state index is 14.1. The lowest BCUT2D eigenvalue weighted by Crippen LogP contribution is -2.62. The smallest absolute Gasteiger partial charge is 0.311 e. The predicted octanol–water partition coefficient (Wildman–Crippen LogP) is 4.35. The Morgan fingerprint density at radius 3 is 2.49 bits per heavy atom. The molecule has 0 aromatic heterocycles. The summed E-state index contributed by atoms with van der Waals surface area (Å²) in [6, 6.07) is 23.1. The van der Waals surface area contributed by atoms with Crippen molar-refractivity contribution in [2.75, 3.05) is 20.8 Å². The second-order valence-corrected chi connectivity index (χ2v) is 10.5. The molecule has 1 saturated heterocycles. The highest BCUT2D eigenvalue weighted by Gasteiger charge is 2.72. The van der Waals surface area contributed by atoms with Crippen molar-refractivity contribution >= 4 is 11.8 Å². The molecule has 6 nitrogen and oxygen atoms in total. The fourth-order valence-electron chi connectivity index (χ4n) is 7.76. The van der Waals surface area contributed by atoms with Crippen molar-refractivity contribution in [3.63, 3.8) is 0 Å². The molecule has 0 radical (unpaired) electrons. The number of carbonyl (C=O) groups excluding carboxylic acids is 1. The number of ether oxygens (including phenoxy) is 2. The monoisotopic (exact) mass is 497 g/mol. The first-order chi connectivity index (χ1) is 18.0. The van der Waals surface area contributed by atoms with Gasteiger partial charge in [0.15, 0.2) is 5.78 Å². The summed E-state index contributed by atoms with van der Waals surface area (Å²) in [5, 5.41) is 14.3. The lowest BCUT2D eigenvalue weighted by Gasteiger charge is -2.60. The second-order valence-electron chi connectivity index (χ2n) is 10.5. The van der Waals surface area contributed by atoms with Gasteiger partial charge in [-0.2, -0.15) is 0 Å². The van der Waals surface area contributed by atoms with Gasteiger partial charge in [-0.05, 0) is 47.7 Å². The van der Waals surface area contributed by atoms with E-state index in [1.807, 2.05) is 54.6 Å². The van der Waals surface area contributed by atoms with Crippen molar-refractivity contribution in [3.05, 3.63) is 95.1 Å². The number of fused-ring (bicyclic) bond motifs is 1. The third kappa shape index (κ3) is 3.21. The van der Waals surface area contributed by atoms with Crippen molar-refractivity contribution in [1.29, 1.82) is 0 Å². The van der Waals surface area contributed by atoms with Gasteiger partial charge in [-0.15, -0.1) is 0 Å². The molecule has 5 unspecified atom stereocenters.